The van der Waals surface area contributed by atoms with Crippen LogP contribution in [-0.2, 0) is 6.54 Å². The SMILES string of the molecule is NCc1nccnc1NCC1CCN(C(=O)O)CC1. The number of likely N-dealkylation sites (tertiary alicyclic amines) is 1. The number of amides is 1. The molecule has 0 aromatic carbocycles. The summed E-state index contributed by atoms with van der Waals surface area (Å²) >= 11 is 0. The van der Waals surface area contributed by atoms with Gasteiger partial charge in [0, 0.05) is 38.6 Å². The largest absolute Gasteiger partial charge is 0.465 e. The van der Waals surface area contributed by atoms with Gasteiger partial charge in [0.1, 0.15) is 5.82 Å². The smallest absolute Gasteiger partial charge is 0.407 e. The van der Waals surface area contributed by atoms with Gasteiger partial charge in [-0.15, -0.1) is 0 Å². The highest BCUT2D eigenvalue weighted by Crippen LogP contribution is 2.18. The first-order valence-electron chi connectivity index (χ1n) is 6.42. The number of carbonyl (C=O) groups is 1. The number of hydrogen-bond acceptors (Lipinski definition) is 5. The molecule has 1 saturated heterocycles. The van der Waals surface area contributed by atoms with Crippen molar-refractivity contribution in [2.24, 2.45) is 11.7 Å². The molecule has 19 heavy (non-hydrogen) atoms. The summed E-state index contributed by atoms with van der Waals surface area (Å²) in [4.78, 5) is 20.6. The van der Waals surface area contributed by atoms with Gasteiger partial charge in [-0.25, -0.2) is 9.78 Å². The van der Waals surface area contributed by atoms with Crippen LogP contribution in [0.25, 0.3) is 0 Å². The lowest BCUT2D eigenvalue weighted by molar-refractivity contribution is 0.126. The highest BCUT2D eigenvalue weighted by Gasteiger charge is 2.22. The van der Waals surface area contributed by atoms with E-state index in [2.05, 4.69) is 15.3 Å². The molecule has 0 unspecified atom stereocenters. The zero-order valence-corrected chi connectivity index (χ0v) is 10.7. The molecule has 1 amide bonds. The lowest BCUT2D eigenvalue weighted by atomic mass is 9.97. The Morgan fingerprint density at radius 1 is 1.42 bits per heavy atom. The molecule has 1 aliphatic heterocycles. The molecule has 0 atom stereocenters. The predicted molar refractivity (Wildman–Crippen MR) is 70.7 cm³/mol. The average molecular weight is 265 g/mol. The molecule has 4 N–H and O–H groups in total. The van der Waals surface area contributed by atoms with E-state index in [1.807, 2.05) is 0 Å². The van der Waals surface area contributed by atoms with Crippen molar-refractivity contribution < 1.29 is 9.90 Å². The van der Waals surface area contributed by atoms with Crippen LogP contribution >= 0.6 is 0 Å². The summed E-state index contributed by atoms with van der Waals surface area (Å²) in [5.74, 6) is 1.19. The summed E-state index contributed by atoms with van der Waals surface area (Å²) in [5, 5.41) is 12.1. The molecule has 1 aliphatic rings. The van der Waals surface area contributed by atoms with Gasteiger partial charge in [0.2, 0.25) is 0 Å². The van der Waals surface area contributed by atoms with Gasteiger partial charge in [0.15, 0.2) is 0 Å². The number of carboxylic acid groups (broad SMARTS) is 1. The molecule has 1 fully saturated rings. The van der Waals surface area contributed by atoms with E-state index < -0.39 is 6.09 Å². The number of nitrogens with one attached hydrogen (secondary N) is 1. The third-order valence-electron chi connectivity index (χ3n) is 3.41. The van der Waals surface area contributed by atoms with Gasteiger partial charge in [-0.1, -0.05) is 0 Å². The second-order valence-corrected chi connectivity index (χ2v) is 4.65. The van der Waals surface area contributed by atoms with E-state index in [0.717, 1.165) is 30.9 Å². The maximum Gasteiger partial charge on any atom is 0.407 e. The molecule has 1 aromatic rings. The number of nitrogens with two attached hydrogens (primary N) is 1. The average Bonchev–Trinajstić information content (AvgIpc) is 2.45. The predicted octanol–water partition coefficient (Wildman–Crippen LogP) is 0.737. The van der Waals surface area contributed by atoms with Crippen LogP contribution in [0.2, 0.25) is 0 Å². The summed E-state index contributed by atoms with van der Waals surface area (Å²) < 4.78 is 0. The summed E-state index contributed by atoms with van der Waals surface area (Å²) in [6.45, 7) is 2.34. The van der Waals surface area contributed by atoms with E-state index in [9.17, 15) is 4.79 Å². The van der Waals surface area contributed by atoms with Crippen molar-refractivity contribution in [2.75, 3.05) is 25.0 Å². The zero-order valence-electron chi connectivity index (χ0n) is 10.7. The standard InChI is InChI=1S/C12H19N5O2/c13-7-10-11(15-4-3-14-10)16-8-9-1-5-17(6-2-9)12(18)19/h3-4,9H,1-2,5-8,13H2,(H,15,16)(H,18,19). The molecule has 0 aliphatic carbocycles. The Morgan fingerprint density at radius 3 is 2.74 bits per heavy atom. The molecule has 7 heteroatoms. The van der Waals surface area contributed by atoms with Crippen molar-refractivity contribution in [3.05, 3.63) is 18.1 Å². The molecular formula is C12H19N5O2. The van der Waals surface area contributed by atoms with Crippen molar-refractivity contribution in [1.29, 1.82) is 0 Å². The molecule has 7 nitrogen and oxygen atoms in total. The van der Waals surface area contributed by atoms with Gasteiger partial charge in [-0.05, 0) is 18.8 Å². The highest BCUT2D eigenvalue weighted by atomic mass is 16.4. The Kier molecular flexibility index (Phi) is 4.51. The van der Waals surface area contributed by atoms with E-state index in [0.29, 0.717) is 25.6 Å². The van der Waals surface area contributed by atoms with E-state index in [1.54, 1.807) is 12.4 Å². The molecule has 2 heterocycles. The second-order valence-electron chi connectivity index (χ2n) is 4.65. The van der Waals surface area contributed by atoms with Crippen LogP contribution in [0.1, 0.15) is 18.5 Å². The van der Waals surface area contributed by atoms with Crippen LogP contribution in [0.5, 0.6) is 0 Å². The Hall–Kier alpha value is -1.89. The fourth-order valence-electron chi connectivity index (χ4n) is 2.23. The van der Waals surface area contributed by atoms with Crippen LogP contribution in [-0.4, -0.2) is 45.7 Å². The van der Waals surface area contributed by atoms with E-state index in [1.165, 1.54) is 4.90 Å². The van der Waals surface area contributed by atoms with Crippen LogP contribution in [0.15, 0.2) is 12.4 Å². The summed E-state index contributed by atoms with van der Waals surface area (Å²) in [5.41, 5.74) is 6.35. The summed E-state index contributed by atoms with van der Waals surface area (Å²) in [6, 6.07) is 0. The van der Waals surface area contributed by atoms with Gasteiger partial charge in [0.05, 0.1) is 5.69 Å². The van der Waals surface area contributed by atoms with E-state index >= 15 is 0 Å². The lowest BCUT2D eigenvalue weighted by Crippen LogP contribution is -2.39. The van der Waals surface area contributed by atoms with Crippen molar-refractivity contribution in [3.63, 3.8) is 0 Å². The molecule has 0 spiro atoms. The molecule has 1 aromatic heterocycles. The van der Waals surface area contributed by atoms with Crippen molar-refractivity contribution in [1.82, 2.24) is 14.9 Å². The van der Waals surface area contributed by atoms with Gasteiger partial charge >= 0.3 is 6.09 Å². The number of piperidine rings is 1. The minimum atomic E-state index is -0.828. The maximum atomic E-state index is 10.8. The van der Waals surface area contributed by atoms with Crippen LogP contribution < -0.4 is 11.1 Å². The maximum absolute atomic E-state index is 10.8. The molecule has 104 valence electrons. The first kappa shape index (κ1) is 13.5. The number of hydrogen-bond donors (Lipinski definition) is 3. The molecule has 0 bridgehead atoms. The normalized spacial score (nSPS) is 16.4. The third kappa shape index (κ3) is 3.54. The van der Waals surface area contributed by atoms with E-state index in [4.69, 9.17) is 10.8 Å². The van der Waals surface area contributed by atoms with E-state index in [-0.39, 0.29) is 0 Å². The third-order valence-corrected chi connectivity index (χ3v) is 3.41. The summed E-state index contributed by atoms with van der Waals surface area (Å²) in [6.07, 6.45) is 4.17. The van der Waals surface area contributed by atoms with Gasteiger partial charge in [-0.2, -0.15) is 0 Å². The first-order chi connectivity index (χ1) is 9.20. The van der Waals surface area contributed by atoms with Gasteiger partial charge < -0.3 is 21.1 Å². The van der Waals surface area contributed by atoms with Gasteiger partial charge in [0.25, 0.3) is 0 Å². The minimum absolute atomic E-state index is 0.355. The second kappa shape index (κ2) is 6.33. The molecular weight excluding hydrogens is 246 g/mol. The molecule has 0 radical (unpaired) electrons. The van der Waals surface area contributed by atoms with Crippen LogP contribution in [0, 0.1) is 5.92 Å². The van der Waals surface area contributed by atoms with Crippen molar-refractivity contribution in [3.8, 4) is 0 Å². The minimum Gasteiger partial charge on any atom is -0.465 e. The van der Waals surface area contributed by atoms with Crippen molar-refractivity contribution >= 4 is 11.9 Å². The monoisotopic (exact) mass is 265 g/mol. The number of nitrogens with zero attached hydrogens (tertiary/aromatic N) is 3. The van der Waals surface area contributed by atoms with Gasteiger partial charge in [-0.3, -0.25) is 4.98 Å². The topological polar surface area (TPSA) is 104 Å². The fourth-order valence-corrected chi connectivity index (χ4v) is 2.23. The first-order valence-corrected chi connectivity index (χ1v) is 6.42. The Bertz CT molecular complexity index is 432. The molecule has 0 saturated carbocycles. The fraction of sp³-hybridized carbons (Fsp3) is 0.583. The highest BCUT2D eigenvalue weighted by molar-refractivity contribution is 5.64. The van der Waals surface area contributed by atoms with Crippen LogP contribution in [0.3, 0.4) is 0 Å². The lowest BCUT2D eigenvalue weighted by Gasteiger charge is -2.30. The quantitative estimate of drug-likeness (QED) is 0.741. The van der Waals surface area contributed by atoms with Crippen molar-refractivity contribution in [2.45, 2.75) is 19.4 Å². The number of aromatic nitrogens is 2. The number of anilines is 1. The Labute approximate surface area is 111 Å². The number of rotatable bonds is 4. The molecule has 2 rings (SSSR count). The Balaban J connectivity index is 1.82. The van der Waals surface area contributed by atoms with Crippen LogP contribution in [0.4, 0.5) is 10.6 Å². The summed E-state index contributed by atoms with van der Waals surface area (Å²) in [7, 11) is 0. The Morgan fingerprint density at radius 2 is 2.11 bits per heavy atom. The zero-order chi connectivity index (χ0) is 13.7.